The smallest absolute Gasteiger partial charge is 0.237 e. The summed E-state index contributed by atoms with van der Waals surface area (Å²) in [7, 11) is 1.96. The Morgan fingerprint density at radius 3 is 2.10 bits per heavy atom. The Hall–Kier alpha value is -3.31. The van der Waals surface area contributed by atoms with Crippen molar-refractivity contribution >= 4 is 5.91 Å². The van der Waals surface area contributed by atoms with Crippen molar-refractivity contribution in [2.24, 2.45) is 0 Å². The standard InChI is InChI=1S/C26H28N2O3/c1-19(28(2)18-20-13-14-23-24(17-20)31-16-15-30-23)26(29)27-25(21-9-5-3-6-10-21)22-11-7-4-8-12-22/h3-14,17,19,25H,15-16,18H2,1-2H3,(H,27,29)/t19-/m0/s1. The molecule has 3 aromatic rings. The van der Waals surface area contributed by atoms with Crippen LogP contribution in [0.2, 0.25) is 0 Å². The van der Waals surface area contributed by atoms with E-state index in [1.165, 1.54) is 0 Å². The van der Waals surface area contributed by atoms with Gasteiger partial charge >= 0.3 is 0 Å². The number of nitrogens with one attached hydrogen (secondary N) is 1. The van der Waals surface area contributed by atoms with Crippen molar-refractivity contribution in [1.82, 2.24) is 10.2 Å². The van der Waals surface area contributed by atoms with Gasteiger partial charge in [-0.15, -0.1) is 0 Å². The van der Waals surface area contributed by atoms with E-state index in [-0.39, 0.29) is 18.0 Å². The second-order valence-electron chi connectivity index (χ2n) is 7.83. The summed E-state index contributed by atoms with van der Waals surface area (Å²) in [4.78, 5) is 15.2. The lowest BCUT2D eigenvalue weighted by Crippen LogP contribution is -2.44. The van der Waals surface area contributed by atoms with Crippen LogP contribution in [0.25, 0.3) is 0 Å². The maximum absolute atomic E-state index is 13.2. The van der Waals surface area contributed by atoms with Gasteiger partial charge in [-0.1, -0.05) is 66.7 Å². The largest absolute Gasteiger partial charge is 0.486 e. The minimum absolute atomic E-state index is 0.0160. The van der Waals surface area contributed by atoms with Gasteiger partial charge in [-0.25, -0.2) is 0 Å². The maximum Gasteiger partial charge on any atom is 0.237 e. The molecule has 160 valence electrons. The van der Waals surface area contributed by atoms with Crippen LogP contribution >= 0.6 is 0 Å². The third-order valence-electron chi connectivity index (χ3n) is 5.63. The molecule has 3 aromatic carbocycles. The third kappa shape index (κ3) is 5.06. The van der Waals surface area contributed by atoms with E-state index in [0.717, 1.165) is 28.2 Å². The molecule has 31 heavy (non-hydrogen) atoms. The molecular weight excluding hydrogens is 388 g/mol. The Morgan fingerprint density at radius 1 is 0.903 bits per heavy atom. The van der Waals surface area contributed by atoms with E-state index in [0.29, 0.717) is 19.8 Å². The molecule has 0 bridgehead atoms. The second kappa shape index (κ2) is 9.67. The Bertz CT molecular complexity index is 968. The number of carbonyl (C=O) groups is 1. The Morgan fingerprint density at radius 2 is 1.48 bits per heavy atom. The van der Waals surface area contributed by atoms with E-state index in [2.05, 4.69) is 5.32 Å². The number of amides is 1. The zero-order valence-corrected chi connectivity index (χ0v) is 18.0. The van der Waals surface area contributed by atoms with Gasteiger partial charge in [0, 0.05) is 6.54 Å². The summed E-state index contributed by atoms with van der Waals surface area (Å²) in [5.41, 5.74) is 3.20. The predicted octanol–water partition coefficient (Wildman–Crippen LogP) is 4.18. The molecule has 1 aliphatic heterocycles. The number of carbonyl (C=O) groups excluding carboxylic acids is 1. The highest BCUT2D eigenvalue weighted by Gasteiger charge is 2.23. The second-order valence-corrected chi connectivity index (χ2v) is 7.83. The number of hydrogen-bond donors (Lipinski definition) is 1. The lowest BCUT2D eigenvalue weighted by atomic mass is 9.98. The molecule has 1 heterocycles. The molecule has 1 atom stereocenters. The first kappa shape index (κ1) is 20.9. The van der Waals surface area contributed by atoms with Crippen LogP contribution in [0.5, 0.6) is 11.5 Å². The van der Waals surface area contributed by atoms with E-state index in [1.807, 2.05) is 97.7 Å². The van der Waals surface area contributed by atoms with E-state index in [4.69, 9.17) is 9.47 Å². The van der Waals surface area contributed by atoms with Gasteiger partial charge in [0.1, 0.15) is 13.2 Å². The molecule has 0 saturated heterocycles. The number of ether oxygens (including phenoxy) is 2. The maximum atomic E-state index is 13.2. The average molecular weight is 417 g/mol. The van der Waals surface area contributed by atoms with Gasteiger partial charge in [-0.2, -0.15) is 0 Å². The number of likely N-dealkylation sites (N-methyl/N-ethyl adjacent to an activating group) is 1. The van der Waals surface area contributed by atoms with E-state index < -0.39 is 0 Å². The molecule has 0 aromatic heterocycles. The van der Waals surface area contributed by atoms with Crippen molar-refractivity contribution < 1.29 is 14.3 Å². The summed E-state index contributed by atoms with van der Waals surface area (Å²) in [6, 6.07) is 25.6. The zero-order chi connectivity index (χ0) is 21.6. The number of rotatable bonds is 7. The first-order chi connectivity index (χ1) is 15.1. The minimum Gasteiger partial charge on any atom is -0.486 e. The highest BCUT2D eigenvalue weighted by Crippen LogP contribution is 2.31. The van der Waals surface area contributed by atoms with Gasteiger partial charge in [-0.05, 0) is 42.8 Å². The summed E-state index contributed by atoms with van der Waals surface area (Å²) in [5.74, 6) is 1.53. The fourth-order valence-corrected chi connectivity index (χ4v) is 3.72. The number of nitrogens with zero attached hydrogens (tertiary/aromatic N) is 1. The van der Waals surface area contributed by atoms with Gasteiger partial charge in [0.15, 0.2) is 11.5 Å². The molecule has 4 rings (SSSR count). The predicted molar refractivity (Wildman–Crippen MR) is 121 cm³/mol. The molecule has 5 nitrogen and oxygen atoms in total. The van der Waals surface area contributed by atoms with Crippen LogP contribution in [-0.4, -0.2) is 37.1 Å². The monoisotopic (exact) mass is 416 g/mol. The van der Waals surface area contributed by atoms with Gasteiger partial charge in [0.2, 0.25) is 5.91 Å². The van der Waals surface area contributed by atoms with Crippen LogP contribution in [0.15, 0.2) is 78.9 Å². The third-order valence-corrected chi connectivity index (χ3v) is 5.63. The normalized spacial score (nSPS) is 13.8. The van der Waals surface area contributed by atoms with Crippen molar-refractivity contribution in [2.45, 2.75) is 25.6 Å². The molecule has 1 N–H and O–H groups in total. The quantitative estimate of drug-likeness (QED) is 0.628. The molecule has 0 aliphatic carbocycles. The lowest BCUT2D eigenvalue weighted by molar-refractivity contribution is -0.126. The van der Waals surface area contributed by atoms with Crippen molar-refractivity contribution in [3.63, 3.8) is 0 Å². The van der Waals surface area contributed by atoms with Crippen LogP contribution in [0, 0.1) is 0 Å². The van der Waals surface area contributed by atoms with E-state index >= 15 is 0 Å². The molecule has 0 saturated carbocycles. The zero-order valence-electron chi connectivity index (χ0n) is 18.0. The van der Waals surface area contributed by atoms with Crippen LogP contribution < -0.4 is 14.8 Å². The molecule has 0 unspecified atom stereocenters. The van der Waals surface area contributed by atoms with Crippen LogP contribution in [0.1, 0.15) is 29.7 Å². The van der Waals surface area contributed by atoms with Crippen molar-refractivity contribution in [2.75, 3.05) is 20.3 Å². The van der Waals surface area contributed by atoms with Gasteiger partial charge < -0.3 is 14.8 Å². The van der Waals surface area contributed by atoms with Gasteiger partial charge in [-0.3, -0.25) is 9.69 Å². The highest BCUT2D eigenvalue weighted by molar-refractivity contribution is 5.82. The van der Waals surface area contributed by atoms with E-state index in [1.54, 1.807) is 0 Å². The fourth-order valence-electron chi connectivity index (χ4n) is 3.72. The minimum atomic E-state index is -0.303. The van der Waals surface area contributed by atoms with Crippen LogP contribution in [0.4, 0.5) is 0 Å². The first-order valence-electron chi connectivity index (χ1n) is 10.6. The number of benzene rings is 3. The van der Waals surface area contributed by atoms with E-state index in [9.17, 15) is 4.79 Å². The Labute approximate surface area is 183 Å². The summed E-state index contributed by atoms with van der Waals surface area (Å²) in [6.45, 7) is 3.70. The van der Waals surface area contributed by atoms with Gasteiger partial charge in [0.25, 0.3) is 0 Å². The number of hydrogen-bond acceptors (Lipinski definition) is 4. The molecular formula is C26H28N2O3. The molecule has 0 radical (unpaired) electrons. The summed E-state index contributed by atoms with van der Waals surface area (Å²) < 4.78 is 11.3. The highest BCUT2D eigenvalue weighted by atomic mass is 16.6. The van der Waals surface area contributed by atoms with Crippen LogP contribution in [-0.2, 0) is 11.3 Å². The lowest BCUT2D eigenvalue weighted by Gasteiger charge is -2.28. The first-order valence-corrected chi connectivity index (χ1v) is 10.6. The molecule has 5 heteroatoms. The molecule has 0 spiro atoms. The summed E-state index contributed by atoms with van der Waals surface area (Å²) in [5, 5.41) is 3.24. The van der Waals surface area contributed by atoms with Gasteiger partial charge in [0.05, 0.1) is 12.1 Å². The summed E-state index contributed by atoms with van der Waals surface area (Å²) in [6.07, 6.45) is 0. The SMILES string of the molecule is C[C@@H](C(=O)NC(c1ccccc1)c1ccccc1)N(C)Cc1ccc2c(c1)OCCO2. The molecule has 1 amide bonds. The average Bonchev–Trinajstić information content (AvgIpc) is 2.83. The topological polar surface area (TPSA) is 50.8 Å². The fraction of sp³-hybridized carbons (Fsp3) is 0.269. The van der Waals surface area contributed by atoms with Crippen molar-refractivity contribution in [3.8, 4) is 11.5 Å². The van der Waals surface area contributed by atoms with Crippen LogP contribution in [0.3, 0.4) is 0 Å². The summed E-state index contributed by atoms with van der Waals surface area (Å²) >= 11 is 0. The van der Waals surface area contributed by atoms with Crippen molar-refractivity contribution in [3.05, 3.63) is 95.6 Å². The Kier molecular flexibility index (Phi) is 6.53. The number of fused-ring (bicyclic) bond motifs is 1. The van der Waals surface area contributed by atoms with Crippen molar-refractivity contribution in [1.29, 1.82) is 0 Å². The molecule has 1 aliphatic rings. The Balaban J connectivity index is 1.46. The molecule has 0 fully saturated rings.